The molecule has 13 heteroatoms. The molecular weight excluding hydrogens is 606 g/mol. The van der Waals surface area contributed by atoms with E-state index in [-0.39, 0.29) is 64.9 Å². The Morgan fingerprint density at radius 2 is 1.67 bits per heavy atom. The van der Waals surface area contributed by atoms with Crippen LogP contribution >= 0.6 is 23.2 Å². The van der Waals surface area contributed by atoms with Gasteiger partial charge < -0.3 is 14.7 Å². The highest BCUT2D eigenvalue weighted by molar-refractivity contribution is 6.34. The van der Waals surface area contributed by atoms with Gasteiger partial charge in [-0.15, -0.1) is 0 Å². The Morgan fingerprint density at radius 3 is 2.24 bits per heavy atom. The van der Waals surface area contributed by atoms with E-state index in [4.69, 9.17) is 27.9 Å². The third kappa shape index (κ3) is 6.78. The average Bonchev–Trinajstić information content (AvgIpc) is 3.66. The maximum absolute atomic E-state index is 15.2. The number of hydrogen-bond donors (Lipinski definition) is 1. The second-order valence-corrected chi connectivity index (χ2v) is 12.1. The summed E-state index contributed by atoms with van der Waals surface area (Å²) < 4.78 is 77.4. The molecule has 3 aliphatic rings. The molecule has 1 amide bonds. The lowest BCUT2D eigenvalue weighted by atomic mass is 9.94. The number of carboxylic acids is 1. The van der Waals surface area contributed by atoms with E-state index >= 15 is 4.39 Å². The summed E-state index contributed by atoms with van der Waals surface area (Å²) in [4.78, 5) is 26.8. The Bertz CT molecular complexity index is 1330. The number of carbonyl (C=O) groups is 2. The topological polar surface area (TPSA) is 70.1 Å². The zero-order chi connectivity index (χ0) is 30.3. The van der Waals surface area contributed by atoms with Crippen molar-refractivity contribution in [1.82, 2.24) is 9.80 Å². The quantitative estimate of drug-likeness (QED) is 0.315. The molecule has 0 radical (unpaired) electrons. The largest absolute Gasteiger partial charge is 0.493 e. The molecule has 228 valence electrons. The molecule has 2 aromatic carbocycles. The van der Waals surface area contributed by atoms with Crippen LogP contribution in [0.15, 0.2) is 30.3 Å². The van der Waals surface area contributed by atoms with Crippen LogP contribution in [-0.2, 0) is 4.79 Å². The molecule has 6 nitrogen and oxygen atoms in total. The summed E-state index contributed by atoms with van der Waals surface area (Å²) in [7, 11) is 0. The first-order chi connectivity index (χ1) is 19.8. The van der Waals surface area contributed by atoms with Gasteiger partial charge in [-0.1, -0.05) is 23.2 Å². The summed E-state index contributed by atoms with van der Waals surface area (Å²) in [5, 5.41) is 9.62. The van der Waals surface area contributed by atoms with E-state index in [2.05, 4.69) is 0 Å². The molecule has 3 fully saturated rings. The third-order valence-electron chi connectivity index (χ3n) is 8.14. The lowest BCUT2D eigenvalue weighted by Crippen LogP contribution is -2.43. The maximum atomic E-state index is 15.2. The van der Waals surface area contributed by atoms with Crippen LogP contribution in [-0.4, -0.2) is 71.4 Å². The fraction of sp³-hybridized carbons (Fsp3) is 0.517. The molecule has 2 aromatic rings. The van der Waals surface area contributed by atoms with Crippen LogP contribution in [0.4, 0.5) is 22.0 Å². The Hall–Kier alpha value is -2.63. The van der Waals surface area contributed by atoms with E-state index in [1.54, 1.807) is 0 Å². The van der Waals surface area contributed by atoms with Gasteiger partial charge >= 0.3 is 12.1 Å². The molecule has 42 heavy (non-hydrogen) atoms. The standard InChI is InChI=1S/C29H29Cl2F5N2O4/c30-18-7-17(8-19(31)9-18)26(29(34,35)36)37-5-3-15(4-6-37)14-42-25-12-23(33)22(11-21(25)16-1-2-16)27(39)38-13-20(32)10-24(38)28(40)41/h7-9,11-12,15-16,20,24,26H,1-6,10,13-14H2,(H,40,41)/t20-,24+,26?/m1/s1. The third-order valence-corrected chi connectivity index (χ3v) is 8.58. The molecule has 1 unspecified atom stereocenters. The average molecular weight is 635 g/mol. The van der Waals surface area contributed by atoms with E-state index in [9.17, 15) is 32.3 Å². The zero-order valence-corrected chi connectivity index (χ0v) is 23.9. The molecule has 5 rings (SSSR count). The smallest absolute Gasteiger partial charge is 0.408 e. The summed E-state index contributed by atoms with van der Waals surface area (Å²) >= 11 is 11.9. The molecule has 2 heterocycles. The minimum atomic E-state index is -4.54. The second-order valence-electron chi connectivity index (χ2n) is 11.2. The van der Waals surface area contributed by atoms with Crippen LogP contribution in [0.5, 0.6) is 5.75 Å². The van der Waals surface area contributed by atoms with Gasteiger partial charge in [0.2, 0.25) is 0 Å². The van der Waals surface area contributed by atoms with Crippen LogP contribution in [0.1, 0.15) is 65.5 Å². The molecule has 1 aliphatic carbocycles. The summed E-state index contributed by atoms with van der Waals surface area (Å²) in [6, 6.07) is 3.14. The van der Waals surface area contributed by atoms with Crippen molar-refractivity contribution in [2.24, 2.45) is 5.92 Å². The number of nitrogens with zero attached hydrogens (tertiary/aromatic N) is 2. The minimum absolute atomic E-state index is 0.0282. The molecule has 2 saturated heterocycles. The molecule has 1 N–H and O–H groups in total. The number of carbonyl (C=O) groups excluding carboxylic acids is 1. The van der Waals surface area contributed by atoms with Crippen molar-refractivity contribution in [3.63, 3.8) is 0 Å². The minimum Gasteiger partial charge on any atom is -0.493 e. The van der Waals surface area contributed by atoms with Crippen molar-refractivity contribution in [2.45, 2.75) is 62.5 Å². The Labute approximate surface area is 249 Å². The van der Waals surface area contributed by atoms with Gasteiger partial charge in [0.25, 0.3) is 5.91 Å². The first-order valence-electron chi connectivity index (χ1n) is 13.7. The highest BCUT2D eigenvalue weighted by atomic mass is 35.5. The summed E-state index contributed by atoms with van der Waals surface area (Å²) in [5.41, 5.74) is 0.242. The number of amides is 1. The molecular formula is C29H29Cl2F5N2O4. The van der Waals surface area contributed by atoms with Crippen molar-refractivity contribution in [3.05, 3.63) is 62.9 Å². The molecule has 3 atom stereocenters. The van der Waals surface area contributed by atoms with Crippen LogP contribution in [0.2, 0.25) is 10.0 Å². The van der Waals surface area contributed by atoms with E-state index in [1.165, 1.54) is 29.2 Å². The SMILES string of the molecule is O=C(O)[C@@H]1C[C@@H](F)CN1C(=O)c1cc(C2CC2)c(OCC2CCN(C(c3cc(Cl)cc(Cl)c3)C(F)(F)F)CC2)cc1F. The lowest BCUT2D eigenvalue weighted by Gasteiger charge is -2.38. The van der Waals surface area contributed by atoms with Crippen LogP contribution in [0, 0.1) is 11.7 Å². The van der Waals surface area contributed by atoms with Gasteiger partial charge in [-0.2, -0.15) is 13.2 Å². The first kappa shape index (κ1) is 30.8. The van der Waals surface area contributed by atoms with Gasteiger partial charge in [0.05, 0.1) is 18.7 Å². The van der Waals surface area contributed by atoms with Gasteiger partial charge in [0.15, 0.2) is 0 Å². The van der Waals surface area contributed by atoms with E-state index in [0.29, 0.717) is 18.4 Å². The number of likely N-dealkylation sites (tertiary alicyclic amines) is 2. The Morgan fingerprint density at radius 1 is 1.02 bits per heavy atom. The number of rotatable bonds is 8. The predicted molar refractivity (Wildman–Crippen MR) is 145 cm³/mol. The van der Waals surface area contributed by atoms with Crippen LogP contribution < -0.4 is 4.74 Å². The molecule has 0 spiro atoms. The number of carboxylic acid groups (broad SMARTS) is 1. The number of aliphatic carboxylic acids is 1. The van der Waals surface area contributed by atoms with Crippen molar-refractivity contribution in [2.75, 3.05) is 26.2 Å². The van der Waals surface area contributed by atoms with Gasteiger partial charge in [0.1, 0.15) is 29.8 Å². The zero-order valence-electron chi connectivity index (χ0n) is 22.3. The summed E-state index contributed by atoms with van der Waals surface area (Å²) in [5.74, 6) is -2.95. The van der Waals surface area contributed by atoms with Crippen LogP contribution in [0.25, 0.3) is 0 Å². The fourth-order valence-corrected chi connectivity index (χ4v) is 6.44. The normalized spacial score (nSPS) is 22.8. The van der Waals surface area contributed by atoms with Gasteiger partial charge in [0, 0.05) is 22.5 Å². The van der Waals surface area contributed by atoms with E-state index in [1.807, 2.05) is 0 Å². The van der Waals surface area contributed by atoms with E-state index in [0.717, 1.165) is 23.8 Å². The van der Waals surface area contributed by atoms with Crippen molar-refractivity contribution < 1.29 is 41.4 Å². The lowest BCUT2D eigenvalue weighted by molar-refractivity contribution is -0.190. The molecule has 2 aliphatic heterocycles. The number of halogens is 7. The monoisotopic (exact) mass is 634 g/mol. The molecule has 0 bridgehead atoms. The number of benzene rings is 2. The van der Waals surface area contributed by atoms with Crippen LogP contribution in [0.3, 0.4) is 0 Å². The van der Waals surface area contributed by atoms with Gasteiger partial charge in [-0.25, -0.2) is 13.6 Å². The van der Waals surface area contributed by atoms with Crippen molar-refractivity contribution >= 4 is 35.1 Å². The highest BCUT2D eigenvalue weighted by Gasteiger charge is 2.46. The van der Waals surface area contributed by atoms with Gasteiger partial charge in [-0.3, -0.25) is 9.69 Å². The molecule has 0 aromatic heterocycles. The summed E-state index contributed by atoms with van der Waals surface area (Å²) in [6.45, 7) is 0.0206. The van der Waals surface area contributed by atoms with Crippen molar-refractivity contribution in [1.29, 1.82) is 0 Å². The highest BCUT2D eigenvalue weighted by Crippen LogP contribution is 2.46. The summed E-state index contributed by atoms with van der Waals surface area (Å²) in [6.07, 6.45) is -3.98. The fourth-order valence-electron chi connectivity index (χ4n) is 5.90. The molecule has 1 saturated carbocycles. The van der Waals surface area contributed by atoms with E-state index < -0.39 is 48.7 Å². The van der Waals surface area contributed by atoms with Gasteiger partial charge in [-0.05, 0) is 86.0 Å². The predicted octanol–water partition coefficient (Wildman–Crippen LogP) is 7.04. The number of hydrogen-bond acceptors (Lipinski definition) is 4. The Balaban J connectivity index is 1.26. The number of piperidine rings is 1. The number of alkyl halides is 4. The second kappa shape index (κ2) is 12.2. The van der Waals surface area contributed by atoms with Crippen molar-refractivity contribution in [3.8, 4) is 5.75 Å². The number of ether oxygens (including phenoxy) is 1. The Kier molecular flexibility index (Phi) is 8.93. The maximum Gasteiger partial charge on any atom is 0.408 e. The first-order valence-corrected chi connectivity index (χ1v) is 14.5.